The molecule has 192 valence electrons. The van der Waals surface area contributed by atoms with E-state index in [2.05, 4.69) is 79.7 Å². The lowest BCUT2D eigenvalue weighted by atomic mass is 9.94. The highest BCUT2D eigenvalue weighted by atomic mass is 16.5. The number of carbonyl (C=O) groups is 1. The van der Waals surface area contributed by atoms with Crippen molar-refractivity contribution in [2.45, 2.75) is 97.0 Å². The van der Waals surface area contributed by atoms with E-state index in [9.17, 15) is 4.79 Å². The molecular formula is C34H44O2. The molecule has 2 heteroatoms. The molecule has 0 saturated heterocycles. The average Bonchev–Trinajstić information content (AvgIpc) is 2.92. The summed E-state index contributed by atoms with van der Waals surface area (Å²) in [6.07, 6.45) is 14.4. The molecule has 0 saturated carbocycles. The van der Waals surface area contributed by atoms with Crippen molar-refractivity contribution in [1.29, 1.82) is 0 Å². The van der Waals surface area contributed by atoms with E-state index in [4.69, 9.17) is 4.74 Å². The average molecular weight is 485 g/mol. The molecule has 0 spiro atoms. The number of hydrogen-bond acceptors (Lipinski definition) is 2. The zero-order chi connectivity index (χ0) is 25.4. The Morgan fingerprint density at radius 2 is 1.08 bits per heavy atom. The zero-order valence-electron chi connectivity index (χ0n) is 22.4. The first-order valence-electron chi connectivity index (χ1n) is 14.1. The van der Waals surface area contributed by atoms with E-state index in [-0.39, 0.29) is 12.1 Å². The fraction of sp³-hybridized carbons (Fsp3) is 0.441. The summed E-state index contributed by atoms with van der Waals surface area (Å²) in [5, 5.41) is 0. The van der Waals surface area contributed by atoms with E-state index in [0.29, 0.717) is 6.42 Å². The van der Waals surface area contributed by atoms with Crippen LogP contribution in [0, 0.1) is 0 Å². The monoisotopic (exact) mass is 484 g/mol. The van der Waals surface area contributed by atoms with Crippen molar-refractivity contribution >= 4 is 5.97 Å². The second-order valence-corrected chi connectivity index (χ2v) is 9.95. The van der Waals surface area contributed by atoms with Gasteiger partial charge in [-0.2, -0.15) is 0 Å². The van der Waals surface area contributed by atoms with E-state index in [0.717, 1.165) is 24.0 Å². The molecule has 3 aromatic carbocycles. The SMILES string of the molecule is CCCCCCCCCCCCCC(=O)OC(C)c1ccc(-c2ccccc2-c2ccccc2)cc1. The van der Waals surface area contributed by atoms with Crippen LogP contribution in [0.25, 0.3) is 22.3 Å². The van der Waals surface area contributed by atoms with Gasteiger partial charge in [-0.05, 0) is 41.2 Å². The van der Waals surface area contributed by atoms with Crippen LogP contribution in [-0.2, 0) is 9.53 Å². The van der Waals surface area contributed by atoms with Crippen LogP contribution >= 0.6 is 0 Å². The number of ether oxygens (including phenoxy) is 1. The number of unbranched alkanes of at least 4 members (excludes halogenated alkanes) is 10. The first-order valence-corrected chi connectivity index (χ1v) is 14.1. The third-order valence-corrected chi connectivity index (χ3v) is 7.00. The highest BCUT2D eigenvalue weighted by Gasteiger charge is 2.13. The smallest absolute Gasteiger partial charge is 0.306 e. The number of hydrogen-bond donors (Lipinski definition) is 0. The summed E-state index contributed by atoms with van der Waals surface area (Å²) < 4.78 is 5.73. The first-order chi connectivity index (χ1) is 17.7. The van der Waals surface area contributed by atoms with Gasteiger partial charge in [-0.25, -0.2) is 0 Å². The van der Waals surface area contributed by atoms with Gasteiger partial charge in [-0.3, -0.25) is 4.79 Å². The van der Waals surface area contributed by atoms with Gasteiger partial charge in [0.15, 0.2) is 0 Å². The lowest BCUT2D eigenvalue weighted by molar-refractivity contribution is -0.148. The lowest BCUT2D eigenvalue weighted by Gasteiger charge is -2.15. The Bertz CT molecular complexity index is 1010. The van der Waals surface area contributed by atoms with Crippen LogP contribution in [0.3, 0.4) is 0 Å². The quantitative estimate of drug-likeness (QED) is 0.149. The van der Waals surface area contributed by atoms with E-state index in [1.165, 1.54) is 74.5 Å². The summed E-state index contributed by atoms with van der Waals surface area (Å²) in [5.74, 6) is -0.0862. The van der Waals surface area contributed by atoms with Crippen molar-refractivity contribution in [3.8, 4) is 22.3 Å². The Balaban J connectivity index is 1.39. The normalized spacial score (nSPS) is 11.8. The van der Waals surface area contributed by atoms with Gasteiger partial charge in [0.1, 0.15) is 6.10 Å². The molecular weight excluding hydrogens is 440 g/mol. The minimum absolute atomic E-state index is 0.0862. The maximum Gasteiger partial charge on any atom is 0.306 e. The molecule has 0 fully saturated rings. The number of carbonyl (C=O) groups excluding carboxylic acids is 1. The van der Waals surface area contributed by atoms with Crippen molar-refractivity contribution in [2.24, 2.45) is 0 Å². The summed E-state index contributed by atoms with van der Waals surface area (Å²) in [6, 6.07) is 27.4. The molecule has 0 amide bonds. The van der Waals surface area contributed by atoms with E-state index in [1.54, 1.807) is 0 Å². The summed E-state index contributed by atoms with van der Waals surface area (Å²) in [7, 11) is 0. The molecule has 0 bridgehead atoms. The first kappa shape index (κ1) is 27.7. The van der Waals surface area contributed by atoms with E-state index in [1.807, 2.05) is 13.0 Å². The molecule has 0 aliphatic rings. The predicted molar refractivity (Wildman–Crippen MR) is 153 cm³/mol. The van der Waals surface area contributed by atoms with Crippen LogP contribution in [0.1, 0.15) is 103 Å². The summed E-state index contributed by atoms with van der Waals surface area (Å²) in [4.78, 5) is 12.4. The van der Waals surface area contributed by atoms with Gasteiger partial charge in [-0.1, -0.05) is 150 Å². The van der Waals surface area contributed by atoms with Crippen molar-refractivity contribution in [1.82, 2.24) is 0 Å². The van der Waals surface area contributed by atoms with Gasteiger partial charge >= 0.3 is 5.97 Å². The molecule has 0 N–H and O–H groups in total. The highest BCUT2D eigenvalue weighted by molar-refractivity contribution is 5.83. The zero-order valence-corrected chi connectivity index (χ0v) is 22.4. The molecule has 2 nitrogen and oxygen atoms in total. The molecule has 0 heterocycles. The molecule has 0 radical (unpaired) electrons. The van der Waals surface area contributed by atoms with Gasteiger partial charge in [-0.15, -0.1) is 0 Å². The van der Waals surface area contributed by atoms with Gasteiger partial charge in [0.05, 0.1) is 0 Å². The Labute approximate surface area is 219 Å². The van der Waals surface area contributed by atoms with Gasteiger partial charge in [0.25, 0.3) is 0 Å². The molecule has 1 atom stereocenters. The maximum atomic E-state index is 12.4. The van der Waals surface area contributed by atoms with Crippen LogP contribution in [0.4, 0.5) is 0 Å². The van der Waals surface area contributed by atoms with Crippen molar-refractivity contribution < 1.29 is 9.53 Å². The Morgan fingerprint density at radius 1 is 0.611 bits per heavy atom. The number of rotatable bonds is 16. The molecule has 0 aliphatic heterocycles. The molecule has 0 aliphatic carbocycles. The predicted octanol–water partition coefficient (Wildman–Crippen LogP) is 10.3. The summed E-state index contributed by atoms with van der Waals surface area (Å²) >= 11 is 0. The fourth-order valence-electron chi connectivity index (χ4n) is 4.80. The van der Waals surface area contributed by atoms with E-state index < -0.39 is 0 Å². The second-order valence-electron chi connectivity index (χ2n) is 9.95. The Hall–Kier alpha value is -2.87. The number of esters is 1. The van der Waals surface area contributed by atoms with Crippen LogP contribution in [-0.4, -0.2) is 5.97 Å². The van der Waals surface area contributed by atoms with Crippen LogP contribution in [0.5, 0.6) is 0 Å². The van der Waals surface area contributed by atoms with Crippen molar-refractivity contribution in [2.75, 3.05) is 0 Å². The second kappa shape index (κ2) is 16.0. The van der Waals surface area contributed by atoms with Crippen LogP contribution in [0.2, 0.25) is 0 Å². The largest absolute Gasteiger partial charge is 0.458 e. The summed E-state index contributed by atoms with van der Waals surface area (Å²) in [6.45, 7) is 4.23. The van der Waals surface area contributed by atoms with Crippen LogP contribution in [0.15, 0.2) is 78.9 Å². The topological polar surface area (TPSA) is 26.3 Å². The maximum absolute atomic E-state index is 12.4. The molecule has 36 heavy (non-hydrogen) atoms. The highest BCUT2D eigenvalue weighted by Crippen LogP contribution is 2.32. The lowest BCUT2D eigenvalue weighted by Crippen LogP contribution is -2.08. The third kappa shape index (κ3) is 9.30. The minimum atomic E-state index is -0.233. The Morgan fingerprint density at radius 3 is 1.64 bits per heavy atom. The molecule has 0 aromatic heterocycles. The standard InChI is InChI=1S/C34H44O2/c1-3-4-5-6-7-8-9-10-11-12-16-23-34(35)36-28(2)29-24-26-31(27-25-29)33-22-18-17-21-32(33)30-19-14-13-15-20-30/h13-15,17-22,24-28H,3-12,16,23H2,1-2H3. The number of benzene rings is 3. The fourth-order valence-corrected chi connectivity index (χ4v) is 4.80. The molecule has 3 aromatic rings. The molecule has 1 unspecified atom stereocenters. The van der Waals surface area contributed by atoms with Crippen molar-refractivity contribution in [3.05, 3.63) is 84.4 Å². The summed E-state index contributed by atoms with van der Waals surface area (Å²) in [5.41, 5.74) is 5.83. The third-order valence-electron chi connectivity index (χ3n) is 7.00. The van der Waals surface area contributed by atoms with Gasteiger partial charge in [0, 0.05) is 6.42 Å². The van der Waals surface area contributed by atoms with Gasteiger partial charge in [0.2, 0.25) is 0 Å². The molecule has 3 rings (SSSR count). The van der Waals surface area contributed by atoms with Crippen molar-refractivity contribution in [3.63, 3.8) is 0 Å². The Kier molecular flexibility index (Phi) is 12.3. The van der Waals surface area contributed by atoms with Gasteiger partial charge < -0.3 is 4.74 Å². The minimum Gasteiger partial charge on any atom is -0.458 e. The van der Waals surface area contributed by atoms with Crippen LogP contribution < -0.4 is 0 Å². The van der Waals surface area contributed by atoms with E-state index >= 15 is 0 Å².